The molecule has 0 radical (unpaired) electrons. The molecule has 0 bridgehead atoms. The molecule has 2 aromatic heterocycles. The van der Waals surface area contributed by atoms with Crippen LogP contribution in [0.15, 0.2) is 48.7 Å². The minimum atomic E-state index is -0.229. The van der Waals surface area contributed by atoms with Crippen LogP contribution in [0.2, 0.25) is 0 Å². The number of pyridine rings is 1. The van der Waals surface area contributed by atoms with Crippen molar-refractivity contribution in [3.63, 3.8) is 0 Å². The molecule has 0 fully saturated rings. The molecule has 2 N–H and O–H groups in total. The van der Waals surface area contributed by atoms with Gasteiger partial charge in [0.1, 0.15) is 17.1 Å². The lowest BCUT2D eigenvalue weighted by Gasteiger charge is -2.07. The van der Waals surface area contributed by atoms with Gasteiger partial charge in [-0.2, -0.15) is 0 Å². The van der Waals surface area contributed by atoms with Crippen LogP contribution in [0, 0.1) is 6.92 Å². The molecule has 3 rings (SSSR count). The van der Waals surface area contributed by atoms with Crippen LogP contribution in [0.25, 0.3) is 5.65 Å². The van der Waals surface area contributed by atoms with Crippen molar-refractivity contribution in [3.05, 3.63) is 65.6 Å². The average Bonchev–Trinajstić information content (AvgIpc) is 3.11. The quantitative estimate of drug-likeness (QED) is 0.707. The molecule has 2 heterocycles. The fourth-order valence-corrected chi connectivity index (χ4v) is 2.46. The van der Waals surface area contributed by atoms with E-state index in [1.54, 1.807) is 25.4 Å². The highest BCUT2D eigenvalue weighted by Crippen LogP contribution is 2.12. The number of benzene rings is 1. The molecule has 134 valence electrons. The summed E-state index contributed by atoms with van der Waals surface area (Å²) < 4.78 is 7.22. The molecule has 0 aliphatic carbocycles. The molecule has 0 saturated carbocycles. The van der Waals surface area contributed by atoms with E-state index in [0.29, 0.717) is 18.0 Å². The fraction of sp³-hybridized carbons (Fsp3) is 0.211. The van der Waals surface area contributed by atoms with Gasteiger partial charge >= 0.3 is 0 Å². The van der Waals surface area contributed by atoms with Crippen molar-refractivity contribution in [2.75, 3.05) is 13.7 Å². The molecule has 0 unspecified atom stereocenters. The summed E-state index contributed by atoms with van der Waals surface area (Å²) in [6.45, 7) is 2.31. The molecule has 0 saturated heterocycles. The van der Waals surface area contributed by atoms with Gasteiger partial charge in [0.25, 0.3) is 11.8 Å². The van der Waals surface area contributed by atoms with Crippen LogP contribution in [-0.4, -0.2) is 34.9 Å². The van der Waals surface area contributed by atoms with E-state index in [2.05, 4.69) is 15.6 Å². The molecule has 7 nitrogen and oxygen atoms in total. The number of ether oxygens (including phenoxy) is 1. The highest BCUT2D eigenvalue weighted by Gasteiger charge is 2.11. The molecule has 26 heavy (non-hydrogen) atoms. The number of carbonyl (C=O) groups excluding carboxylic acids is 2. The standard InChI is InChI=1S/C19H20N4O3/c1-13-4-3-5-17-22-16(11-23(13)17)19(25)21-10-14-6-8-15(9-7-14)26-12-18(24)20-2/h3-9,11H,10,12H2,1-2H3,(H,20,24)(H,21,25). The molecule has 7 heteroatoms. The Morgan fingerprint density at radius 3 is 2.62 bits per heavy atom. The van der Waals surface area contributed by atoms with E-state index in [-0.39, 0.29) is 18.4 Å². The summed E-state index contributed by atoms with van der Waals surface area (Å²) in [5.74, 6) is 0.177. The molecule has 2 amide bonds. The van der Waals surface area contributed by atoms with Gasteiger partial charge in [0.05, 0.1) is 0 Å². The Labute approximate surface area is 151 Å². The zero-order chi connectivity index (χ0) is 18.5. The van der Waals surface area contributed by atoms with E-state index in [1.165, 1.54) is 0 Å². The van der Waals surface area contributed by atoms with Gasteiger partial charge in [-0.25, -0.2) is 4.98 Å². The average molecular weight is 352 g/mol. The van der Waals surface area contributed by atoms with E-state index in [9.17, 15) is 9.59 Å². The van der Waals surface area contributed by atoms with E-state index in [4.69, 9.17) is 4.74 Å². The number of nitrogens with one attached hydrogen (secondary N) is 2. The third kappa shape index (κ3) is 4.00. The van der Waals surface area contributed by atoms with E-state index >= 15 is 0 Å². The maximum atomic E-state index is 12.3. The number of amides is 2. The van der Waals surface area contributed by atoms with Crippen LogP contribution < -0.4 is 15.4 Å². The Morgan fingerprint density at radius 2 is 1.92 bits per heavy atom. The van der Waals surface area contributed by atoms with Crippen molar-refractivity contribution < 1.29 is 14.3 Å². The normalized spacial score (nSPS) is 10.5. The zero-order valence-corrected chi connectivity index (χ0v) is 14.7. The van der Waals surface area contributed by atoms with E-state index in [1.807, 2.05) is 41.7 Å². The number of nitrogens with zero attached hydrogens (tertiary/aromatic N) is 2. The van der Waals surface area contributed by atoms with Crippen LogP contribution in [0.3, 0.4) is 0 Å². The zero-order valence-electron chi connectivity index (χ0n) is 14.7. The first-order valence-electron chi connectivity index (χ1n) is 8.22. The third-order valence-corrected chi connectivity index (χ3v) is 3.95. The van der Waals surface area contributed by atoms with Gasteiger partial charge < -0.3 is 19.8 Å². The van der Waals surface area contributed by atoms with E-state index < -0.39 is 0 Å². The van der Waals surface area contributed by atoms with Crippen LogP contribution >= 0.6 is 0 Å². The van der Waals surface area contributed by atoms with E-state index in [0.717, 1.165) is 16.9 Å². The summed E-state index contributed by atoms with van der Waals surface area (Å²) >= 11 is 0. The first-order valence-corrected chi connectivity index (χ1v) is 8.22. The SMILES string of the molecule is CNC(=O)COc1ccc(CNC(=O)c2cn3c(C)cccc3n2)cc1. The minimum Gasteiger partial charge on any atom is -0.484 e. The summed E-state index contributed by atoms with van der Waals surface area (Å²) in [4.78, 5) is 27.8. The number of hydrogen-bond donors (Lipinski definition) is 2. The first kappa shape index (κ1) is 17.5. The van der Waals surface area contributed by atoms with Crippen molar-refractivity contribution >= 4 is 17.5 Å². The predicted octanol–water partition coefficient (Wildman–Crippen LogP) is 1.70. The Hall–Kier alpha value is -3.35. The van der Waals surface area contributed by atoms with Gasteiger partial charge in [-0.05, 0) is 36.8 Å². The molecule has 1 aromatic carbocycles. The molecule has 0 atom stereocenters. The number of imidazole rings is 1. The molecular formula is C19H20N4O3. The Bertz CT molecular complexity index is 932. The number of aromatic nitrogens is 2. The van der Waals surface area contributed by atoms with Gasteiger partial charge in [-0.3, -0.25) is 9.59 Å². The summed E-state index contributed by atoms with van der Waals surface area (Å²) in [5, 5.41) is 5.34. The molecular weight excluding hydrogens is 332 g/mol. The topological polar surface area (TPSA) is 84.7 Å². The molecule has 3 aromatic rings. The summed E-state index contributed by atoms with van der Waals surface area (Å²) in [6.07, 6.45) is 1.73. The summed E-state index contributed by atoms with van der Waals surface area (Å²) in [7, 11) is 1.56. The predicted molar refractivity (Wildman–Crippen MR) is 97.1 cm³/mol. The number of fused-ring (bicyclic) bond motifs is 1. The Morgan fingerprint density at radius 1 is 1.15 bits per heavy atom. The van der Waals surface area contributed by atoms with Gasteiger partial charge in [-0.15, -0.1) is 0 Å². The lowest BCUT2D eigenvalue weighted by atomic mass is 10.2. The van der Waals surface area contributed by atoms with Crippen LogP contribution in [0.4, 0.5) is 0 Å². The summed E-state index contributed by atoms with van der Waals surface area (Å²) in [6, 6.07) is 12.9. The van der Waals surface area contributed by atoms with Gasteiger partial charge in [-0.1, -0.05) is 18.2 Å². The Balaban J connectivity index is 1.58. The first-order chi connectivity index (χ1) is 12.6. The maximum absolute atomic E-state index is 12.3. The lowest BCUT2D eigenvalue weighted by Crippen LogP contribution is -2.24. The number of aryl methyl sites for hydroxylation is 1. The van der Waals surface area contributed by atoms with Gasteiger partial charge in [0.15, 0.2) is 6.61 Å². The second-order valence-electron chi connectivity index (χ2n) is 5.81. The second kappa shape index (κ2) is 7.69. The number of rotatable bonds is 6. The third-order valence-electron chi connectivity index (χ3n) is 3.95. The smallest absolute Gasteiger partial charge is 0.271 e. The highest BCUT2D eigenvalue weighted by atomic mass is 16.5. The second-order valence-corrected chi connectivity index (χ2v) is 5.81. The van der Waals surface area contributed by atoms with Crippen LogP contribution in [0.1, 0.15) is 21.7 Å². The number of carbonyl (C=O) groups is 2. The highest BCUT2D eigenvalue weighted by molar-refractivity contribution is 5.92. The van der Waals surface area contributed by atoms with Crippen molar-refractivity contribution in [3.8, 4) is 5.75 Å². The van der Waals surface area contributed by atoms with Gasteiger partial charge in [0.2, 0.25) is 0 Å². The lowest BCUT2D eigenvalue weighted by molar-refractivity contribution is -0.122. The van der Waals surface area contributed by atoms with Crippen molar-refractivity contribution in [1.29, 1.82) is 0 Å². The maximum Gasteiger partial charge on any atom is 0.271 e. The van der Waals surface area contributed by atoms with Crippen molar-refractivity contribution in [1.82, 2.24) is 20.0 Å². The molecule has 0 aliphatic rings. The largest absolute Gasteiger partial charge is 0.484 e. The Kier molecular flexibility index (Phi) is 5.17. The van der Waals surface area contributed by atoms with Crippen LogP contribution in [0.5, 0.6) is 5.75 Å². The molecule has 0 aliphatic heterocycles. The van der Waals surface area contributed by atoms with Crippen molar-refractivity contribution in [2.45, 2.75) is 13.5 Å². The number of likely N-dealkylation sites (N-methyl/N-ethyl adjacent to an activating group) is 1. The monoisotopic (exact) mass is 352 g/mol. The number of hydrogen-bond acceptors (Lipinski definition) is 4. The van der Waals surface area contributed by atoms with Crippen LogP contribution in [-0.2, 0) is 11.3 Å². The summed E-state index contributed by atoms with van der Waals surface area (Å²) in [5.41, 5.74) is 3.06. The van der Waals surface area contributed by atoms with Crippen molar-refractivity contribution in [2.24, 2.45) is 0 Å². The van der Waals surface area contributed by atoms with Gasteiger partial charge in [0, 0.05) is 25.5 Å². The molecule has 0 spiro atoms. The fourth-order valence-electron chi connectivity index (χ4n) is 2.46. The minimum absolute atomic E-state index is 0.0279.